The van der Waals surface area contributed by atoms with Crippen molar-refractivity contribution in [3.63, 3.8) is 0 Å². The third-order valence-corrected chi connectivity index (χ3v) is 3.50. The number of hydrogen-bond acceptors (Lipinski definition) is 3. The maximum Gasteiger partial charge on any atom is 0.142 e. The molecular weight excluding hydrogens is 274 g/mol. The van der Waals surface area contributed by atoms with E-state index < -0.39 is 6.10 Å². The molecule has 4 heteroatoms. The molecule has 0 amide bonds. The molecule has 1 aromatic rings. The van der Waals surface area contributed by atoms with Gasteiger partial charge < -0.3 is 9.90 Å². The number of nitrogens with one attached hydrogen (secondary N) is 1. The van der Waals surface area contributed by atoms with Gasteiger partial charge in [0.2, 0.25) is 0 Å². The Morgan fingerprint density at radius 2 is 1.95 bits per heavy atom. The van der Waals surface area contributed by atoms with Crippen molar-refractivity contribution in [1.29, 1.82) is 0 Å². The molecule has 0 unspecified atom stereocenters. The summed E-state index contributed by atoms with van der Waals surface area (Å²) in [6.45, 7) is 5.86. The van der Waals surface area contributed by atoms with Gasteiger partial charge in [0.05, 0.1) is 6.10 Å². The summed E-state index contributed by atoms with van der Waals surface area (Å²) in [5.74, 6) is 0.126. The Morgan fingerprint density at radius 1 is 1.35 bits per heavy atom. The molecule has 0 aliphatic rings. The second kappa shape index (κ2) is 7.77. The van der Waals surface area contributed by atoms with Crippen LogP contribution in [0.2, 0.25) is 0 Å². The number of carbonyl (C=O) groups is 1. The Labute approximate surface area is 126 Å². The summed E-state index contributed by atoms with van der Waals surface area (Å²) in [4.78, 5) is 11.2. The number of rotatable bonds is 7. The van der Waals surface area contributed by atoms with E-state index in [1.807, 2.05) is 51.1 Å². The molecule has 0 spiro atoms. The Kier molecular flexibility index (Phi) is 6.66. The molecule has 1 rings (SSSR count). The lowest BCUT2D eigenvalue weighted by Crippen LogP contribution is -2.48. The highest BCUT2D eigenvalue weighted by molar-refractivity contribution is 6.18. The molecule has 2 atom stereocenters. The third kappa shape index (κ3) is 5.23. The summed E-state index contributed by atoms with van der Waals surface area (Å²) in [5.41, 5.74) is 0.802. The van der Waals surface area contributed by atoms with E-state index in [9.17, 15) is 9.90 Å². The maximum absolute atomic E-state index is 11.2. The van der Waals surface area contributed by atoms with Crippen LogP contribution in [-0.2, 0) is 11.2 Å². The van der Waals surface area contributed by atoms with E-state index in [0.717, 1.165) is 11.8 Å². The highest BCUT2D eigenvalue weighted by Gasteiger charge is 2.30. The fourth-order valence-electron chi connectivity index (χ4n) is 1.89. The van der Waals surface area contributed by atoms with Gasteiger partial charge in [-0.05, 0) is 17.4 Å². The lowest BCUT2D eigenvalue weighted by atomic mass is 9.86. The smallest absolute Gasteiger partial charge is 0.142 e. The zero-order valence-corrected chi connectivity index (χ0v) is 13.0. The topological polar surface area (TPSA) is 49.3 Å². The predicted octanol–water partition coefficient (Wildman–Crippen LogP) is 2.56. The van der Waals surface area contributed by atoms with Gasteiger partial charge in [-0.25, -0.2) is 0 Å². The minimum Gasteiger partial charge on any atom is -0.390 e. The highest BCUT2D eigenvalue weighted by Crippen LogP contribution is 2.25. The summed E-state index contributed by atoms with van der Waals surface area (Å²) in [6, 6.07) is 10.1. The second-order valence-electron chi connectivity index (χ2n) is 5.94. The first kappa shape index (κ1) is 17.2. The van der Waals surface area contributed by atoms with Gasteiger partial charge >= 0.3 is 0 Å². The Balaban J connectivity index is 2.82. The average Bonchev–Trinajstić information content (AvgIpc) is 2.42. The van der Waals surface area contributed by atoms with Crippen LogP contribution in [0.3, 0.4) is 0 Å². The lowest BCUT2D eigenvalue weighted by Gasteiger charge is -2.32. The largest absolute Gasteiger partial charge is 0.390 e. The normalized spacial score (nSPS) is 15.1. The van der Waals surface area contributed by atoms with Crippen LogP contribution in [0.4, 0.5) is 0 Å². The van der Waals surface area contributed by atoms with E-state index in [1.54, 1.807) is 0 Å². The van der Waals surface area contributed by atoms with Gasteiger partial charge in [0.15, 0.2) is 0 Å². The van der Waals surface area contributed by atoms with Gasteiger partial charge in [-0.1, -0.05) is 51.1 Å². The van der Waals surface area contributed by atoms with E-state index >= 15 is 0 Å². The molecule has 1 radical (unpaired) electrons. The van der Waals surface area contributed by atoms with Crippen LogP contribution in [0.15, 0.2) is 30.3 Å². The average molecular weight is 297 g/mol. The number of aliphatic hydroxyl groups excluding tert-OH is 1. The van der Waals surface area contributed by atoms with Crippen LogP contribution in [-0.4, -0.2) is 29.4 Å². The standard InChI is InChI=1S/C16H23ClNO2/c1-16(2,3)15(11-19)18-13(14(20)10-17)9-12-7-5-4-6-8-12/h4-8,11,13-14,18,20H,9-10H2,1-3H3/t13-,14-/m0/s1. The van der Waals surface area contributed by atoms with Crippen LogP contribution in [0.25, 0.3) is 0 Å². The molecule has 0 heterocycles. The van der Waals surface area contributed by atoms with Crippen LogP contribution < -0.4 is 5.32 Å². The first-order chi connectivity index (χ1) is 9.38. The minimum absolute atomic E-state index is 0.126. The molecule has 0 saturated carbocycles. The monoisotopic (exact) mass is 296 g/mol. The summed E-state index contributed by atoms with van der Waals surface area (Å²) in [7, 11) is 0. The second-order valence-corrected chi connectivity index (χ2v) is 6.25. The molecule has 0 fully saturated rings. The number of aldehydes is 1. The molecular formula is C16H23ClNO2. The highest BCUT2D eigenvalue weighted by atomic mass is 35.5. The number of aliphatic hydroxyl groups is 1. The molecule has 0 bridgehead atoms. The molecule has 111 valence electrons. The number of carbonyl (C=O) groups excluding carboxylic acids is 1. The summed E-state index contributed by atoms with van der Waals surface area (Å²) in [5, 5.41) is 13.2. The maximum atomic E-state index is 11.2. The zero-order chi connectivity index (χ0) is 15.2. The van der Waals surface area contributed by atoms with Gasteiger partial charge in [0, 0.05) is 11.9 Å². The first-order valence-electron chi connectivity index (χ1n) is 6.75. The minimum atomic E-state index is -0.714. The van der Waals surface area contributed by atoms with E-state index in [1.165, 1.54) is 0 Å². The van der Waals surface area contributed by atoms with Gasteiger partial charge in [0.1, 0.15) is 12.3 Å². The summed E-state index contributed by atoms with van der Waals surface area (Å²) in [6.07, 6.45) is 0.718. The molecule has 2 N–H and O–H groups in total. The van der Waals surface area contributed by atoms with Gasteiger partial charge in [-0.2, -0.15) is 0 Å². The summed E-state index contributed by atoms with van der Waals surface area (Å²) < 4.78 is 0. The van der Waals surface area contributed by atoms with Crippen molar-refractivity contribution >= 4 is 17.9 Å². The van der Waals surface area contributed by atoms with Crippen LogP contribution >= 0.6 is 11.6 Å². The Bertz CT molecular complexity index is 403. The van der Waals surface area contributed by atoms with Crippen molar-refractivity contribution in [2.24, 2.45) is 5.41 Å². The van der Waals surface area contributed by atoms with Gasteiger partial charge in [-0.15, -0.1) is 11.6 Å². The van der Waals surface area contributed by atoms with E-state index in [4.69, 9.17) is 11.6 Å². The van der Waals surface area contributed by atoms with Crippen molar-refractivity contribution in [3.05, 3.63) is 41.9 Å². The SMILES string of the molecule is CC(C)(C)[C](C=O)N[C@@H](Cc1ccccc1)[C@@H](O)CCl. The molecule has 0 aliphatic heterocycles. The molecule has 0 aliphatic carbocycles. The number of alkyl halides is 1. The zero-order valence-electron chi connectivity index (χ0n) is 12.3. The Morgan fingerprint density at radius 3 is 2.40 bits per heavy atom. The molecule has 3 nitrogen and oxygen atoms in total. The first-order valence-corrected chi connectivity index (χ1v) is 7.29. The molecule has 0 saturated heterocycles. The number of benzene rings is 1. The molecule has 20 heavy (non-hydrogen) atoms. The van der Waals surface area contributed by atoms with E-state index in [0.29, 0.717) is 12.5 Å². The lowest BCUT2D eigenvalue weighted by molar-refractivity contribution is -0.108. The van der Waals surface area contributed by atoms with Crippen molar-refractivity contribution in [1.82, 2.24) is 5.32 Å². The van der Waals surface area contributed by atoms with Crippen LogP contribution in [0.5, 0.6) is 0 Å². The van der Waals surface area contributed by atoms with Crippen molar-refractivity contribution in [2.45, 2.75) is 39.3 Å². The van der Waals surface area contributed by atoms with E-state index in [2.05, 4.69) is 5.32 Å². The third-order valence-electron chi connectivity index (χ3n) is 3.19. The van der Waals surface area contributed by atoms with Gasteiger partial charge in [0.25, 0.3) is 0 Å². The predicted molar refractivity (Wildman–Crippen MR) is 82.6 cm³/mol. The Hall–Kier alpha value is -0.900. The molecule has 0 aromatic heterocycles. The van der Waals surface area contributed by atoms with Gasteiger partial charge in [-0.3, -0.25) is 5.32 Å². The van der Waals surface area contributed by atoms with Crippen LogP contribution in [0.1, 0.15) is 26.3 Å². The fraction of sp³-hybridized carbons (Fsp3) is 0.500. The van der Waals surface area contributed by atoms with Crippen molar-refractivity contribution < 1.29 is 9.90 Å². The van der Waals surface area contributed by atoms with Crippen LogP contribution in [0, 0.1) is 11.5 Å². The summed E-state index contributed by atoms with van der Waals surface area (Å²) >= 11 is 5.77. The van der Waals surface area contributed by atoms with Crippen molar-refractivity contribution in [2.75, 3.05) is 5.88 Å². The number of halogens is 1. The molecule has 1 aromatic carbocycles. The van der Waals surface area contributed by atoms with E-state index in [-0.39, 0.29) is 17.3 Å². The van der Waals surface area contributed by atoms with Crippen molar-refractivity contribution in [3.8, 4) is 0 Å². The quantitative estimate of drug-likeness (QED) is 0.600. The fourth-order valence-corrected chi connectivity index (χ4v) is 2.10. The number of hydrogen-bond donors (Lipinski definition) is 2.